The van der Waals surface area contributed by atoms with Gasteiger partial charge in [-0.3, -0.25) is 4.90 Å². The number of H-pyrrole nitrogens is 1. The van der Waals surface area contributed by atoms with Gasteiger partial charge in [-0.05, 0) is 32.0 Å². The van der Waals surface area contributed by atoms with Crippen LogP contribution in [0.3, 0.4) is 0 Å². The van der Waals surface area contributed by atoms with E-state index in [1.807, 2.05) is 12.3 Å². The summed E-state index contributed by atoms with van der Waals surface area (Å²) in [5.41, 5.74) is 1.29. The van der Waals surface area contributed by atoms with Crippen LogP contribution in [0, 0.1) is 0 Å². The molecule has 78 valence electrons. The van der Waals surface area contributed by atoms with Gasteiger partial charge >= 0.3 is 0 Å². The summed E-state index contributed by atoms with van der Waals surface area (Å²) < 4.78 is 0. The van der Waals surface area contributed by atoms with E-state index >= 15 is 0 Å². The Balaban J connectivity index is 1.60. The van der Waals surface area contributed by atoms with Crippen LogP contribution in [0.5, 0.6) is 0 Å². The van der Waals surface area contributed by atoms with E-state index in [1.165, 1.54) is 18.5 Å². The topological polar surface area (TPSA) is 31.1 Å². The summed E-state index contributed by atoms with van der Waals surface area (Å²) in [4.78, 5) is 5.55. The van der Waals surface area contributed by atoms with Gasteiger partial charge in [-0.25, -0.2) is 0 Å². The fourth-order valence-corrected chi connectivity index (χ4v) is 1.58. The molecule has 1 aliphatic rings. The maximum absolute atomic E-state index is 3.52. The van der Waals surface area contributed by atoms with Gasteiger partial charge < -0.3 is 10.3 Å². The lowest BCUT2D eigenvalue weighted by molar-refractivity contribution is 0.321. The van der Waals surface area contributed by atoms with Gasteiger partial charge in [0.1, 0.15) is 0 Å². The van der Waals surface area contributed by atoms with Crippen molar-refractivity contribution >= 4 is 0 Å². The van der Waals surface area contributed by atoms with E-state index in [0.29, 0.717) is 0 Å². The lowest BCUT2D eigenvalue weighted by atomic mass is 10.4. The predicted molar refractivity (Wildman–Crippen MR) is 58.2 cm³/mol. The van der Waals surface area contributed by atoms with Gasteiger partial charge in [0, 0.05) is 37.6 Å². The maximum Gasteiger partial charge on any atom is 0.0382 e. The summed E-state index contributed by atoms with van der Waals surface area (Å²) in [5, 5.41) is 3.52. The van der Waals surface area contributed by atoms with Crippen molar-refractivity contribution in [2.45, 2.75) is 25.4 Å². The van der Waals surface area contributed by atoms with Crippen LogP contribution >= 0.6 is 0 Å². The number of aromatic nitrogens is 1. The number of likely N-dealkylation sites (N-methyl/N-ethyl adjacent to an activating group) is 1. The molecule has 0 bridgehead atoms. The number of rotatable bonds is 6. The first kappa shape index (κ1) is 9.74. The average molecular weight is 193 g/mol. The minimum absolute atomic E-state index is 0.828. The van der Waals surface area contributed by atoms with Crippen molar-refractivity contribution < 1.29 is 0 Å². The van der Waals surface area contributed by atoms with Crippen molar-refractivity contribution in [2.75, 3.05) is 20.1 Å². The molecule has 3 heteroatoms. The third-order valence-electron chi connectivity index (χ3n) is 2.61. The largest absolute Gasteiger partial charge is 0.364 e. The molecule has 0 aliphatic heterocycles. The van der Waals surface area contributed by atoms with Crippen molar-refractivity contribution in [1.82, 2.24) is 15.2 Å². The molecule has 1 fully saturated rings. The van der Waals surface area contributed by atoms with E-state index in [2.05, 4.69) is 28.3 Å². The maximum atomic E-state index is 3.52. The van der Waals surface area contributed by atoms with E-state index < -0.39 is 0 Å². The molecule has 0 spiro atoms. The highest BCUT2D eigenvalue weighted by molar-refractivity contribution is 5.02. The second-order valence-corrected chi connectivity index (χ2v) is 4.16. The van der Waals surface area contributed by atoms with Crippen molar-refractivity contribution in [1.29, 1.82) is 0 Å². The molecular formula is C11H19N3. The van der Waals surface area contributed by atoms with Gasteiger partial charge in [0.05, 0.1) is 0 Å². The lowest BCUT2D eigenvalue weighted by Gasteiger charge is -2.15. The second-order valence-electron chi connectivity index (χ2n) is 4.16. The molecule has 0 atom stereocenters. The predicted octanol–water partition coefficient (Wildman–Crippen LogP) is 1.20. The summed E-state index contributed by atoms with van der Waals surface area (Å²) in [6, 6.07) is 5.00. The van der Waals surface area contributed by atoms with Crippen molar-refractivity contribution in [3.8, 4) is 0 Å². The van der Waals surface area contributed by atoms with Gasteiger partial charge in [-0.1, -0.05) is 0 Å². The van der Waals surface area contributed by atoms with Crippen molar-refractivity contribution in [3.05, 3.63) is 24.0 Å². The van der Waals surface area contributed by atoms with E-state index in [0.717, 1.165) is 25.7 Å². The van der Waals surface area contributed by atoms with E-state index in [-0.39, 0.29) is 0 Å². The van der Waals surface area contributed by atoms with E-state index in [4.69, 9.17) is 0 Å². The molecule has 0 radical (unpaired) electrons. The average Bonchev–Trinajstić information content (AvgIpc) is 2.83. The van der Waals surface area contributed by atoms with E-state index in [9.17, 15) is 0 Å². The lowest BCUT2D eigenvalue weighted by Crippen LogP contribution is -2.30. The molecule has 0 aromatic carbocycles. The molecule has 1 saturated carbocycles. The number of hydrogen-bond acceptors (Lipinski definition) is 2. The Morgan fingerprint density at radius 3 is 3.07 bits per heavy atom. The molecule has 2 N–H and O–H groups in total. The first-order chi connectivity index (χ1) is 6.84. The summed E-state index contributed by atoms with van der Waals surface area (Å²) in [6.45, 7) is 3.25. The minimum Gasteiger partial charge on any atom is -0.364 e. The summed E-state index contributed by atoms with van der Waals surface area (Å²) in [6.07, 6.45) is 4.73. The summed E-state index contributed by atoms with van der Waals surface area (Å²) in [7, 11) is 2.16. The Morgan fingerprint density at radius 2 is 2.43 bits per heavy atom. The Morgan fingerprint density at radius 1 is 1.57 bits per heavy atom. The normalized spacial score (nSPS) is 16.4. The molecule has 3 nitrogen and oxygen atoms in total. The van der Waals surface area contributed by atoms with Gasteiger partial charge in [0.2, 0.25) is 0 Å². The van der Waals surface area contributed by atoms with Gasteiger partial charge in [0.25, 0.3) is 0 Å². The molecule has 0 unspecified atom stereocenters. The molecule has 0 amide bonds. The highest BCUT2D eigenvalue weighted by Gasteiger charge is 2.19. The van der Waals surface area contributed by atoms with Crippen LogP contribution in [0.1, 0.15) is 18.5 Å². The zero-order chi connectivity index (χ0) is 9.80. The Kier molecular flexibility index (Phi) is 3.22. The Hall–Kier alpha value is -0.800. The molecule has 14 heavy (non-hydrogen) atoms. The molecule has 1 aromatic heterocycles. The molecule has 1 heterocycles. The zero-order valence-corrected chi connectivity index (χ0v) is 8.79. The van der Waals surface area contributed by atoms with Crippen LogP contribution in [-0.2, 0) is 6.54 Å². The number of nitrogens with one attached hydrogen (secondary N) is 2. The van der Waals surface area contributed by atoms with Crippen LogP contribution in [-0.4, -0.2) is 36.1 Å². The number of aromatic amines is 1. The van der Waals surface area contributed by atoms with Crippen LogP contribution < -0.4 is 5.32 Å². The minimum atomic E-state index is 0.828. The SMILES string of the molecule is CN(CCNC1CC1)Cc1ccc[nH]1. The highest BCUT2D eigenvalue weighted by atomic mass is 15.1. The Labute approximate surface area is 85.5 Å². The molecule has 2 rings (SSSR count). The third kappa shape index (κ3) is 3.16. The number of hydrogen-bond donors (Lipinski definition) is 2. The van der Waals surface area contributed by atoms with Crippen LogP contribution in [0.2, 0.25) is 0 Å². The molecule has 1 aromatic rings. The fraction of sp³-hybridized carbons (Fsp3) is 0.636. The van der Waals surface area contributed by atoms with Crippen molar-refractivity contribution in [3.63, 3.8) is 0 Å². The first-order valence-corrected chi connectivity index (χ1v) is 5.39. The molecule has 1 aliphatic carbocycles. The van der Waals surface area contributed by atoms with Crippen LogP contribution in [0.4, 0.5) is 0 Å². The number of nitrogens with zero attached hydrogens (tertiary/aromatic N) is 1. The van der Waals surface area contributed by atoms with Crippen LogP contribution in [0.15, 0.2) is 18.3 Å². The second kappa shape index (κ2) is 4.62. The van der Waals surface area contributed by atoms with Crippen molar-refractivity contribution in [2.24, 2.45) is 0 Å². The zero-order valence-electron chi connectivity index (χ0n) is 8.79. The highest BCUT2D eigenvalue weighted by Crippen LogP contribution is 2.17. The smallest absolute Gasteiger partial charge is 0.0382 e. The Bertz CT molecular complexity index is 252. The summed E-state index contributed by atoms with van der Waals surface area (Å²) in [5.74, 6) is 0. The molecule has 0 saturated heterocycles. The van der Waals surface area contributed by atoms with Gasteiger partial charge in [-0.2, -0.15) is 0 Å². The third-order valence-corrected chi connectivity index (χ3v) is 2.61. The summed E-state index contributed by atoms with van der Waals surface area (Å²) >= 11 is 0. The fourth-order valence-electron chi connectivity index (χ4n) is 1.58. The monoisotopic (exact) mass is 193 g/mol. The standard InChI is InChI=1S/C11H19N3/c1-14(8-7-13-10-4-5-10)9-11-3-2-6-12-11/h2-3,6,10,12-13H,4-5,7-9H2,1H3. The first-order valence-electron chi connectivity index (χ1n) is 5.39. The van der Waals surface area contributed by atoms with Gasteiger partial charge in [0.15, 0.2) is 0 Å². The quantitative estimate of drug-likeness (QED) is 0.711. The molecular weight excluding hydrogens is 174 g/mol. The van der Waals surface area contributed by atoms with Crippen LogP contribution in [0.25, 0.3) is 0 Å². The van der Waals surface area contributed by atoms with E-state index in [1.54, 1.807) is 0 Å². The van der Waals surface area contributed by atoms with Gasteiger partial charge in [-0.15, -0.1) is 0 Å².